The Kier molecular flexibility index (Phi) is 3.07. The first-order chi connectivity index (χ1) is 8.05. The van der Waals surface area contributed by atoms with Gasteiger partial charge in [-0.1, -0.05) is 30.4 Å². The Morgan fingerprint density at radius 1 is 1.29 bits per heavy atom. The van der Waals surface area contributed by atoms with Gasteiger partial charge in [0.1, 0.15) is 0 Å². The second kappa shape index (κ2) is 4.37. The SMILES string of the molecule is C=CC1=CCCN1S(=O)(=O)c1ccc(C)cc1. The summed E-state index contributed by atoms with van der Waals surface area (Å²) in [5.41, 5.74) is 1.72. The number of allylic oxidation sites excluding steroid dienone is 1. The van der Waals surface area contributed by atoms with Crippen LogP contribution in [-0.4, -0.2) is 19.3 Å². The van der Waals surface area contributed by atoms with Gasteiger partial charge in [-0.15, -0.1) is 0 Å². The standard InChI is InChI=1S/C13H15NO2S/c1-3-12-5-4-10-14(12)17(15,16)13-8-6-11(2)7-9-13/h3,5-9H,1,4,10H2,2H3. The van der Waals surface area contributed by atoms with Crippen LogP contribution in [0.15, 0.2) is 53.6 Å². The van der Waals surface area contributed by atoms with Crippen molar-refractivity contribution in [1.82, 2.24) is 4.31 Å². The van der Waals surface area contributed by atoms with E-state index in [9.17, 15) is 8.42 Å². The highest BCUT2D eigenvalue weighted by atomic mass is 32.2. The summed E-state index contributed by atoms with van der Waals surface area (Å²) >= 11 is 0. The molecule has 0 atom stereocenters. The Labute approximate surface area is 102 Å². The summed E-state index contributed by atoms with van der Waals surface area (Å²) in [6, 6.07) is 6.90. The second-order valence-corrected chi connectivity index (χ2v) is 5.87. The van der Waals surface area contributed by atoms with Crippen LogP contribution in [0.3, 0.4) is 0 Å². The van der Waals surface area contributed by atoms with Gasteiger partial charge in [0.15, 0.2) is 0 Å². The van der Waals surface area contributed by atoms with Crippen molar-refractivity contribution in [2.75, 3.05) is 6.54 Å². The number of benzene rings is 1. The minimum Gasteiger partial charge on any atom is -0.266 e. The van der Waals surface area contributed by atoms with E-state index in [4.69, 9.17) is 0 Å². The third-order valence-corrected chi connectivity index (χ3v) is 4.63. The van der Waals surface area contributed by atoms with E-state index in [1.165, 1.54) is 4.31 Å². The van der Waals surface area contributed by atoms with Gasteiger partial charge >= 0.3 is 0 Å². The minimum absolute atomic E-state index is 0.331. The van der Waals surface area contributed by atoms with Crippen LogP contribution < -0.4 is 0 Å². The summed E-state index contributed by atoms with van der Waals surface area (Å²) < 4.78 is 26.1. The van der Waals surface area contributed by atoms with Crippen LogP contribution in [-0.2, 0) is 10.0 Å². The van der Waals surface area contributed by atoms with Crippen molar-refractivity contribution in [2.45, 2.75) is 18.2 Å². The topological polar surface area (TPSA) is 37.4 Å². The molecule has 0 aliphatic carbocycles. The smallest absolute Gasteiger partial charge is 0.264 e. The molecule has 0 N–H and O–H groups in total. The van der Waals surface area contributed by atoms with Crippen LogP contribution in [0.4, 0.5) is 0 Å². The highest BCUT2D eigenvalue weighted by Gasteiger charge is 2.27. The van der Waals surface area contributed by atoms with Gasteiger partial charge in [-0.25, -0.2) is 8.42 Å². The third kappa shape index (κ3) is 2.13. The van der Waals surface area contributed by atoms with E-state index in [1.54, 1.807) is 30.3 Å². The van der Waals surface area contributed by atoms with E-state index in [2.05, 4.69) is 6.58 Å². The van der Waals surface area contributed by atoms with Gasteiger partial charge in [0.2, 0.25) is 0 Å². The molecule has 3 nitrogen and oxygen atoms in total. The lowest BCUT2D eigenvalue weighted by Gasteiger charge is -2.20. The van der Waals surface area contributed by atoms with Crippen LogP contribution in [0.5, 0.6) is 0 Å². The van der Waals surface area contributed by atoms with Gasteiger partial charge in [0.25, 0.3) is 10.0 Å². The zero-order chi connectivity index (χ0) is 12.5. The molecule has 17 heavy (non-hydrogen) atoms. The van der Waals surface area contributed by atoms with Gasteiger partial charge in [-0.05, 0) is 31.6 Å². The molecule has 1 aromatic carbocycles. The predicted molar refractivity (Wildman–Crippen MR) is 68.0 cm³/mol. The van der Waals surface area contributed by atoms with Crippen molar-refractivity contribution in [3.05, 3.63) is 54.3 Å². The van der Waals surface area contributed by atoms with Crippen LogP contribution in [0.25, 0.3) is 0 Å². The summed E-state index contributed by atoms with van der Waals surface area (Å²) in [5, 5.41) is 0. The van der Waals surface area contributed by atoms with E-state index < -0.39 is 10.0 Å². The van der Waals surface area contributed by atoms with Crippen molar-refractivity contribution < 1.29 is 8.42 Å². The molecule has 90 valence electrons. The number of hydrogen-bond acceptors (Lipinski definition) is 2. The highest BCUT2D eigenvalue weighted by molar-refractivity contribution is 7.89. The predicted octanol–water partition coefficient (Wildman–Crippen LogP) is 2.46. The van der Waals surface area contributed by atoms with Gasteiger partial charge < -0.3 is 0 Å². The van der Waals surface area contributed by atoms with Crippen molar-refractivity contribution >= 4 is 10.0 Å². The Morgan fingerprint density at radius 2 is 1.94 bits per heavy atom. The molecule has 0 bridgehead atoms. The first-order valence-electron chi connectivity index (χ1n) is 5.48. The fourth-order valence-corrected chi connectivity index (χ4v) is 3.35. The summed E-state index contributed by atoms with van der Waals surface area (Å²) in [5.74, 6) is 0. The Bertz CT molecular complexity index is 556. The van der Waals surface area contributed by atoms with Gasteiger partial charge in [-0.2, -0.15) is 0 Å². The molecule has 0 spiro atoms. The molecule has 0 fully saturated rings. The normalized spacial score (nSPS) is 15.8. The van der Waals surface area contributed by atoms with Crippen molar-refractivity contribution in [3.8, 4) is 0 Å². The molecule has 2 rings (SSSR count). The zero-order valence-corrected chi connectivity index (χ0v) is 10.6. The van der Waals surface area contributed by atoms with E-state index in [0.29, 0.717) is 17.1 Å². The molecule has 0 unspecified atom stereocenters. The van der Waals surface area contributed by atoms with Crippen LogP contribution >= 0.6 is 0 Å². The second-order valence-electron chi connectivity index (χ2n) is 4.01. The zero-order valence-electron chi connectivity index (χ0n) is 9.76. The lowest BCUT2D eigenvalue weighted by molar-refractivity contribution is 0.506. The summed E-state index contributed by atoms with van der Waals surface area (Å²) in [6.45, 7) is 6.07. The lowest BCUT2D eigenvalue weighted by atomic mass is 10.2. The van der Waals surface area contributed by atoms with Crippen LogP contribution in [0.2, 0.25) is 0 Å². The fourth-order valence-electron chi connectivity index (χ4n) is 1.84. The molecule has 0 amide bonds. The molecule has 1 aliphatic rings. The maximum atomic E-state index is 12.4. The molecule has 1 aliphatic heterocycles. The van der Waals surface area contributed by atoms with E-state index in [1.807, 2.05) is 13.0 Å². The molecule has 0 saturated carbocycles. The average molecular weight is 249 g/mol. The van der Waals surface area contributed by atoms with E-state index >= 15 is 0 Å². The maximum absolute atomic E-state index is 12.4. The van der Waals surface area contributed by atoms with Gasteiger partial charge in [0.05, 0.1) is 4.90 Å². The number of sulfonamides is 1. The summed E-state index contributed by atoms with van der Waals surface area (Å²) in [4.78, 5) is 0.331. The van der Waals surface area contributed by atoms with Gasteiger partial charge in [0, 0.05) is 12.2 Å². The Hall–Kier alpha value is -1.55. The average Bonchev–Trinajstić information content (AvgIpc) is 2.78. The number of aryl methyl sites for hydroxylation is 1. The van der Waals surface area contributed by atoms with Crippen LogP contribution in [0.1, 0.15) is 12.0 Å². The molecular weight excluding hydrogens is 234 g/mol. The van der Waals surface area contributed by atoms with Crippen LogP contribution in [0, 0.1) is 6.92 Å². The number of nitrogens with zero attached hydrogens (tertiary/aromatic N) is 1. The lowest BCUT2D eigenvalue weighted by Crippen LogP contribution is -2.27. The van der Waals surface area contributed by atoms with Crippen molar-refractivity contribution in [2.24, 2.45) is 0 Å². The highest BCUT2D eigenvalue weighted by Crippen LogP contribution is 2.25. The molecule has 1 aromatic rings. The monoisotopic (exact) mass is 249 g/mol. The summed E-state index contributed by atoms with van der Waals surface area (Å²) in [6.07, 6.45) is 4.21. The van der Waals surface area contributed by atoms with Crippen molar-refractivity contribution in [1.29, 1.82) is 0 Å². The quantitative estimate of drug-likeness (QED) is 0.825. The molecule has 0 aromatic heterocycles. The number of hydrogen-bond donors (Lipinski definition) is 0. The Balaban J connectivity index is 2.40. The first-order valence-corrected chi connectivity index (χ1v) is 6.92. The van der Waals surface area contributed by atoms with Gasteiger partial charge in [-0.3, -0.25) is 4.31 Å². The van der Waals surface area contributed by atoms with Crippen molar-refractivity contribution in [3.63, 3.8) is 0 Å². The fraction of sp³-hybridized carbons (Fsp3) is 0.231. The molecule has 1 heterocycles. The number of rotatable bonds is 3. The first kappa shape index (κ1) is 11.9. The Morgan fingerprint density at radius 3 is 2.53 bits per heavy atom. The summed E-state index contributed by atoms with van der Waals surface area (Å²) in [7, 11) is -3.42. The molecular formula is C13H15NO2S. The largest absolute Gasteiger partial charge is 0.266 e. The minimum atomic E-state index is -3.42. The van der Waals surface area contributed by atoms with E-state index in [0.717, 1.165) is 12.0 Å². The third-order valence-electron chi connectivity index (χ3n) is 2.79. The molecule has 4 heteroatoms. The maximum Gasteiger partial charge on any atom is 0.264 e. The molecule has 0 saturated heterocycles. The van der Waals surface area contributed by atoms with E-state index in [-0.39, 0.29) is 0 Å². The molecule has 0 radical (unpaired) electrons.